The Labute approximate surface area is 107 Å². The van der Waals surface area contributed by atoms with Crippen molar-refractivity contribution < 1.29 is 4.79 Å². The number of nitrogen functional groups attached to an aromatic ring is 1. The molecular formula is C12H19N5O. The van der Waals surface area contributed by atoms with Crippen LogP contribution in [-0.4, -0.2) is 58.9 Å². The molecule has 18 heavy (non-hydrogen) atoms. The Hall–Kier alpha value is -1.69. The molecule has 0 atom stereocenters. The molecule has 0 radical (unpaired) electrons. The maximum absolute atomic E-state index is 12.2. The smallest absolute Gasteiger partial charge is 0.274 e. The van der Waals surface area contributed by atoms with Crippen LogP contribution in [0.25, 0.3) is 0 Å². The Morgan fingerprint density at radius 3 is 2.50 bits per heavy atom. The Kier molecular flexibility index (Phi) is 3.76. The molecule has 6 nitrogen and oxygen atoms in total. The largest absolute Gasteiger partial charge is 0.382 e. The number of nitrogens with two attached hydrogens (primary N) is 1. The SMILES string of the molecule is CN(C)C1CCN(C(=O)c2cnc(N)cn2)CC1. The van der Waals surface area contributed by atoms with E-state index in [0.717, 1.165) is 25.9 Å². The second kappa shape index (κ2) is 5.30. The summed E-state index contributed by atoms with van der Waals surface area (Å²) in [7, 11) is 4.15. The molecule has 0 spiro atoms. The standard InChI is InChI=1S/C12H19N5O/c1-16(2)9-3-5-17(6-4-9)12(18)10-7-15-11(13)8-14-10/h7-9H,3-6H2,1-2H3,(H2,13,15). The van der Waals surface area contributed by atoms with Crippen LogP contribution in [0.3, 0.4) is 0 Å². The number of piperidine rings is 1. The predicted octanol–water partition coefficient (Wildman–Crippen LogP) is 0.225. The average molecular weight is 249 g/mol. The Morgan fingerprint density at radius 1 is 1.33 bits per heavy atom. The van der Waals surface area contributed by atoms with E-state index in [2.05, 4.69) is 29.0 Å². The molecule has 1 fully saturated rings. The summed E-state index contributed by atoms with van der Waals surface area (Å²) in [6.45, 7) is 1.54. The molecule has 2 heterocycles. The summed E-state index contributed by atoms with van der Waals surface area (Å²) < 4.78 is 0. The Morgan fingerprint density at radius 2 is 2.00 bits per heavy atom. The molecule has 1 aromatic heterocycles. The number of aromatic nitrogens is 2. The van der Waals surface area contributed by atoms with Crippen molar-refractivity contribution in [3.05, 3.63) is 18.1 Å². The van der Waals surface area contributed by atoms with E-state index < -0.39 is 0 Å². The minimum Gasteiger partial charge on any atom is -0.382 e. The molecule has 0 aliphatic carbocycles. The van der Waals surface area contributed by atoms with Gasteiger partial charge in [-0.05, 0) is 26.9 Å². The summed E-state index contributed by atoms with van der Waals surface area (Å²) >= 11 is 0. The second-order valence-electron chi connectivity index (χ2n) is 4.81. The van der Waals surface area contributed by atoms with Crippen LogP contribution < -0.4 is 5.73 Å². The van der Waals surface area contributed by atoms with E-state index in [1.165, 1.54) is 12.4 Å². The van der Waals surface area contributed by atoms with E-state index in [4.69, 9.17) is 5.73 Å². The molecule has 6 heteroatoms. The lowest BCUT2D eigenvalue weighted by molar-refractivity contribution is 0.0657. The lowest BCUT2D eigenvalue weighted by Gasteiger charge is -2.34. The summed E-state index contributed by atoms with van der Waals surface area (Å²) in [6, 6.07) is 0.562. The number of hydrogen-bond acceptors (Lipinski definition) is 5. The van der Waals surface area contributed by atoms with Gasteiger partial charge in [0.05, 0.1) is 12.4 Å². The highest BCUT2D eigenvalue weighted by Crippen LogP contribution is 2.15. The maximum Gasteiger partial charge on any atom is 0.274 e. The highest BCUT2D eigenvalue weighted by molar-refractivity contribution is 5.92. The van der Waals surface area contributed by atoms with E-state index in [1.807, 2.05) is 4.90 Å². The van der Waals surface area contributed by atoms with Crippen LogP contribution in [0.1, 0.15) is 23.3 Å². The minimum absolute atomic E-state index is 0.0558. The van der Waals surface area contributed by atoms with Gasteiger partial charge in [0.25, 0.3) is 5.91 Å². The van der Waals surface area contributed by atoms with Crippen LogP contribution in [0.2, 0.25) is 0 Å². The number of carbonyl (C=O) groups excluding carboxylic acids is 1. The predicted molar refractivity (Wildman–Crippen MR) is 69.1 cm³/mol. The van der Waals surface area contributed by atoms with Crippen molar-refractivity contribution in [1.29, 1.82) is 0 Å². The number of amides is 1. The highest BCUT2D eigenvalue weighted by Gasteiger charge is 2.25. The van der Waals surface area contributed by atoms with Crippen LogP contribution in [0.15, 0.2) is 12.4 Å². The molecule has 0 aromatic carbocycles. The second-order valence-corrected chi connectivity index (χ2v) is 4.81. The van der Waals surface area contributed by atoms with E-state index in [1.54, 1.807) is 0 Å². The van der Waals surface area contributed by atoms with Crippen molar-refractivity contribution in [2.24, 2.45) is 0 Å². The summed E-state index contributed by atoms with van der Waals surface area (Å²) in [5.41, 5.74) is 5.82. The molecule has 1 saturated heterocycles. The molecule has 1 amide bonds. The zero-order valence-electron chi connectivity index (χ0n) is 10.8. The minimum atomic E-state index is -0.0558. The third-order valence-electron chi connectivity index (χ3n) is 3.37. The molecule has 98 valence electrons. The lowest BCUT2D eigenvalue weighted by atomic mass is 10.0. The van der Waals surface area contributed by atoms with Crippen LogP contribution in [-0.2, 0) is 0 Å². The summed E-state index contributed by atoms with van der Waals surface area (Å²) in [4.78, 5) is 24.1. The van der Waals surface area contributed by atoms with Crippen molar-refractivity contribution in [1.82, 2.24) is 19.8 Å². The first-order valence-electron chi connectivity index (χ1n) is 6.11. The summed E-state index contributed by atoms with van der Waals surface area (Å²) in [6.07, 6.45) is 4.86. The molecular weight excluding hydrogens is 230 g/mol. The zero-order valence-corrected chi connectivity index (χ0v) is 10.8. The van der Waals surface area contributed by atoms with Crippen molar-refractivity contribution >= 4 is 11.7 Å². The molecule has 1 aromatic rings. The molecule has 2 N–H and O–H groups in total. The number of likely N-dealkylation sites (tertiary alicyclic amines) is 1. The van der Waals surface area contributed by atoms with Gasteiger partial charge in [-0.25, -0.2) is 9.97 Å². The van der Waals surface area contributed by atoms with Gasteiger partial charge in [0.15, 0.2) is 0 Å². The molecule has 2 rings (SSSR count). The monoisotopic (exact) mass is 249 g/mol. The Bertz CT molecular complexity index is 409. The van der Waals surface area contributed by atoms with Gasteiger partial charge in [-0.1, -0.05) is 0 Å². The van der Waals surface area contributed by atoms with Gasteiger partial charge in [0, 0.05) is 19.1 Å². The third-order valence-corrected chi connectivity index (χ3v) is 3.37. The van der Waals surface area contributed by atoms with Gasteiger partial charge < -0.3 is 15.5 Å². The van der Waals surface area contributed by atoms with Gasteiger partial charge in [-0.15, -0.1) is 0 Å². The van der Waals surface area contributed by atoms with Crippen molar-refractivity contribution in [2.75, 3.05) is 32.9 Å². The van der Waals surface area contributed by atoms with Crippen LogP contribution in [0.5, 0.6) is 0 Å². The van der Waals surface area contributed by atoms with Crippen molar-refractivity contribution in [3.63, 3.8) is 0 Å². The Balaban J connectivity index is 1.97. The number of anilines is 1. The van der Waals surface area contributed by atoms with Crippen molar-refractivity contribution in [3.8, 4) is 0 Å². The van der Waals surface area contributed by atoms with Gasteiger partial charge in [0.1, 0.15) is 11.5 Å². The number of rotatable bonds is 2. The zero-order chi connectivity index (χ0) is 13.1. The number of carbonyl (C=O) groups is 1. The first-order chi connectivity index (χ1) is 8.58. The molecule has 0 unspecified atom stereocenters. The third kappa shape index (κ3) is 2.76. The van der Waals surface area contributed by atoms with E-state index >= 15 is 0 Å². The van der Waals surface area contributed by atoms with Gasteiger partial charge in [-0.3, -0.25) is 4.79 Å². The topological polar surface area (TPSA) is 75.3 Å². The quantitative estimate of drug-likeness (QED) is 0.811. The average Bonchev–Trinajstić information content (AvgIpc) is 2.39. The molecule has 1 aliphatic rings. The van der Waals surface area contributed by atoms with Gasteiger partial charge in [-0.2, -0.15) is 0 Å². The normalized spacial score (nSPS) is 17.2. The van der Waals surface area contributed by atoms with E-state index in [-0.39, 0.29) is 5.91 Å². The summed E-state index contributed by atoms with van der Waals surface area (Å²) in [5.74, 6) is 0.276. The lowest BCUT2D eigenvalue weighted by Crippen LogP contribution is -2.44. The fourth-order valence-electron chi connectivity index (χ4n) is 2.20. The van der Waals surface area contributed by atoms with E-state index in [9.17, 15) is 4.79 Å². The molecule has 1 aliphatic heterocycles. The number of nitrogens with zero attached hydrogens (tertiary/aromatic N) is 4. The number of hydrogen-bond donors (Lipinski definition) is 1. The fraction of sp³-hybridized carbons (Fsp3) is 0.583. The first-order valence-corrected chi connectivity index (χ1v) is 6.11. The van der Waals surface area contributed by atoms with Crippen LogP contribution in [0, 0.1) is 0 Å². The maximum atomic E-state index is 12.2. The van der Waals surface area contributed by atoms with Crippen molar-refractivity contribution in [2.45, 2.75) is 18.9 Å². The van der Waals surface area contributed by atoms with Gasteiger partial charge >= 0.3 is 0 Å². The highest BCUT2D eigenvalue weighted by atomic mass is 16.2. The molecule has 0 bridgehead atoms. The van der Waals surface area contributed by atoms with E-state index in [0.29, 0.717) is 17.6 Å². The van der Waals surface area contributed by atoms with Crippen LogP contribution >= 0.6 is 0 Å². The fourth-order valence-corrected chi connectivity index (χ4v) is 2.20. The summed E-state index contributed by atoms with van der Waals surface area (Å²) in [5, 5.41) is 0. The van der Waals surface area contributed by atoms with Gasteiger partial charge in [0.2, 0.25) is 0 Å². The molecule has 0 saturated carbocycles. The van der Waals surface area contributed by atoms with Crippen LogP contribution in [0.4, 0.5) is 5.82 Å². The first kappa shape index (κ1) is 12.8.